The average molecular weight is 378 g/mol. The van der Waals surface area contributed by atoms with E-state index in [9.17, 15) is 24.1 Å². The van der Waals surface area contributed by atoms with Gasteiger partial charge in [-0.1, -0.05) is 17.7 Å². The third kappa shape index (κ3) is 3.65. The van der Waals surface area contributed by atoms with Gasteiger partial charge in [-0.3, -0.25) is 19.7 Å². The third-order valence-electron chi connectivity index (χ3n) is 4.03. The predicted molar refractivity (Wildman–Crippen MR) is 93.6 cm³/mol. The Morgan fingerprint density at radius 3 is 2.77 bits per heavy atom. The summed E-state index contributed by atoms with van der Waals surface area (Å²) in [4.78, 5) is 36.0. The molecule has 3 rings (SSSR count). The van der Waals surface area contributed by atoms with Gasteiger partial charge in [0.15, 0.2) is 0 Å². The number of hydrogen-bond donors (Lipinski definition) is 1. The highest BCUT2D eigenvalue weighted by Gasteiger charge is 2.35. The lowest BCUT2D eigenvalue weighted by atomic mass is 10.1. The third-order valence-corrected chi connectivity index (χ3v) is 4.26. The lowest BCUT2D eigenvalue weighted by Crippen LogP contribution is -2.28. The van der Waals surface area contributed by atoms with E-state index in [-0.39, 0.29) is 24.6 Å². The molecule has 2 aromatic rings. The molecule has 0 radical (unpaired) electrons. The van der Waals surface area contributed by atoms with Gasteiger partial charge in [0.2, 0.25) is 17.6 Å². The highest BCUT2D eigenvalue weighted by molar-refractivity contribution is 6.31. The van der Waals surface area contributed by atoms with E-state index in [1.165, 1.54) is 11.0 Å². The number of amides is 2. The first-order valence-electron chi connectivity index (χ1n) is 7.66. The Hall–Kier alpha value is -3.00. The summed E-state index contributed by atoms with van der Waals surface area (Å²) in [6, 6.07) is 9.81. The maximum absolute atomic E-state index is 13.4. The summed E-state index contributed by atoms with van der Waals surface area (Å²) in [5.74, 6) is -2.32. The van der Waals surface area contributed by atoms with Crippen LogP contribution in [-0.4, -0.2) is 23.3 Å². The van der Waals surface area contributed by atoms with Crippen molar-refractivity contribution in [1.82, 2.24) is 0 Å². The molecule has 1 heterocycles. The molecular formula is C17H13ClFN3O4. The predicted octanol–water partition coefficient (Wildman–Crippen LogP) is 3.38. The number of rotatable bonds is 4. The minimum Gasteiger partial charge on any atom is -0.326 e. The average Bonchev–Trinajstić information content (AvgIpc) is 2.98. The summed E-state index contributed by atoms with van der Waals surface area (Å²) in [7, 11) is 0. The molecule has 9 heteroatoms. The standard InChI is InChI=1S/C17H13ClFN3O4/c18-11-2-1-3-13(7-11)21-9-10(6-16(21)23)17(24)20-12-4-5-14(19)15(8-12)22(25)26/h1-5,7-8,10H,6,9H2,(H,20,24). The van der Waals surface area contributed by atoms with Crippen LogP contribution in [0.4, 0.5) is 21.5 Å². The van der Waals surface area contributed by atoms with E-state index < -0.39 is 28.3 Å². The van der Waals surface area contributed by atoms with Crippen molar-refractivity contribution >= 4 is 40.5 Å². The van der Waals surface area contributed by atoms with Gasteiger partial charge in [0.05, 0.1) is 10.8 Å². The smallest absolute Gasteiger partial charge is 0.306 e. The first kappa shape index (κ1) is 17.8. The van der Waals surface area contributed by atoms with Gasteiger partial charge in [0, 0.05) is 35.4 Å². The molecule has 7 nitrogen and oxygen atoms in total. The molecule has 2 amide bonds. The maximum atomic E-state index is 13.4. The number of anilines is 2. The Labute approximate surface area is 152 Å². The summed E-state index contributed by atoms with van der Waals surface area (Å²) in [5.41, 5.74) is -0.0437. The molecule has 0 aliphatic carbocycles. The molecular weight excluding hydrogens is 365 g/mol. The van der Waals surface area contributed by atoms with E-state index in [1.54, 1.807) is 24.3 Å². The lowest BCUT2D eigenvalue weighted by molar-refractivity contribution is -0.387. The molecule has 2 aromatic carbocycles. The van der Waals surface area contributed by atoms with Crippen molar-refractivity contribution in [1.29, 1.82) is 0 Å². The maximum Gasteiger partial charge on any atom is 0.306 e. The summed E-state index contributed by atoms with van der Waals surface area (Å²) in [6.45, 7) is 0.161. The first-order valence-corrected chi connectivity index (χ1v) is 8.03. The Balaban J connectivity index is 1.72. The van der Waals surface area contributed by atoms with E-state index in [0.717, 1.165) is 12.1 Å². The van der Waals surface area contributed by atoms with Crippen LogP contribution in [0, 0.1) is 21.8 Å². The van der Waals surface area contributed by atoms with Crippen molar-refractivity contribution in [2.24, 2.45) is 5.92 Å². The van der Waals surface area contributed by atoms with Gasteiger partial charge < -0.3 is 10.2 Å². The van der Waals surface area contributed by atoms with Gasteiger partial charge in [-0.25, -0.2) is 0 Å². The Bertz CT molecular complexity index is 905. The van der Waals surface area contributed by atoms with Gasteiger partial charge in [0.1, 0.15) is 0 Å². The van der Waals surface area contributed by atoms with Crippen molar-refractivity contribution in [2.45, 2.75) is 6.42 Å². The van der Waals surface area contributed by atoms with Crippen molar-refractivity contribution in [2.75, 3.05) is 16.8 Å². The second-order valence-corrected chi connectivity index (χ2v) is 6.23. The van der Waals surface area contributed by atoms with E-state index in [2.05, 4.69) is 5.32 Å². The molecule has 1 unspecified atom stereocenters. The van der Waals surface area contributed by atoms with Crippen LogP contribution in [-0.2, 0) is 9.59 Å². The van der Waals surface area contributed by atoms with Crippen molar-refractivity contribution in [3.05, 3.63) is 63.4 Å². The summed E-state index contributed by atoms with van der Waals surface area (Å²) in [5, 5.41) is 13.7. The molecule has 1 atom stereocenters. The molecule has 0 saturated carbocycles. The summed E-state index contributed by atoms with van der Waals surface area (Å²) in [6.07, 6.45) is 0.00162. The summed E-state index contributed by atoms with van der Waals surface area (Å²) >= 11 is 5.93. The van der Waals surface area contributed by atoms with Crippen LogP contribution in [0.15, 0.2) is 42.5 Å². The molecule has 1 aliphatic heterocycles. The second-order valence-electron chi connectivity index (χ2n) is 5.80. The fourth-order valence-corrected chi connectivity index (χ4v) is 2.94. The number of nitro groups is 1. The number of benzene rings is 2. The molecule has 0 spiro atoms. The van der Waals surface area contributed by atoms with Crippen LogP contribution in [0.5, 0.6) is 0 Å². The van der Waals surface area contributed by atoms with Crippen molar-refractivity contribution in [3.8, 4) is 0 Å². The second kappa shape index (κ2) is 7.09. The van der Waals surface area contributed by atoms with Crippen molar-refractivity contribution < 1.29 is 18.9 Å². The van der Waals surface area contributed by atoms with Crippen LogP contribution >= 0.6 is 11.6 Å². The van der Waals surface area contributed by atoms with Crippen LogP contribution in [0.2, 0.25) is 5.02 Å². The highest BCUT2D eigenvalue weighted by atomic mass is 35.5. The fourth-order valence-electron chi connectivity index (χ4n) is 2.75. The van der Waals surface area contributed by atoms with Gasteiger partial charge in [-0.15, -0.1) is 0 Å². The number of carbonyl (C=O) groups excluding carboxylic acids is 2. The Morgan fingerprint density at radius 1 is 1.31 bits per heavy atom. The number of nitrogens with one attached hydrogen (secondary N) is 1. The molecule has 0 aromatic heterocycles. The molecule has 0 bridgehead atoms. The van der Waals surface area contributed by atoms with Crippen molar-refractivity contribution in [3.63, 3.8) is 0 Å². The zero-order valence-corrected chi connectivity index (χ0v) is 14.1. The molecule has 1 N–H and O–H groups in total. The topological polar surface area (TPSA) is 92.5 Å². The van der Waals surface area contributed by atoms with Gasteiger partial charge in [-0.2, -0.15) is 4.39 Å². The lowest BCUT2D eigenvalue weighted by Gasteiger charge is -2.17. The molecule has 1 fully saturated rings. The van der Waals surface area contributed by atoms with Gasteiger partial charge in [-0.05, 0) is 30.3 Å². The number of halogens is 2. The molecule has 1 aliphatic rings. The number of hydrogen-bond acceptors (Lipinski definition) is 4. The van der Waals surface area contributed by atoms with E-state index in [1.807, 2.05) is 0 Å². The zero-order chi connectivity index (χ0) is 18.8. The van der Waals surface area contributed by atoms with Gasteiger partial charge in [0.25, 0.3) is 0 Å². The van der Waals surface area contributed by atoms with Gasteiger partial charge >= 0.3 is 5.69 Å². The Morgan fingerprint density at radius 2 is 2.08 bits per heavy atom. The quantitative estimate of drug-likeness (QED) is 0.653. The van der Waals surface area contributed by atoms with Crippen LogP contribution in [0.3, 0.4) is 0 Å². The van der Waals surface area contributed by atoms with Crippen LogP contribution in [0.1, 0.15) is 6.42 Å². The van der Waals surface area contributed by atoms with E-state index in [4.69, 9.17) is 11.6 Å². The molecule has 26 heavy (non-hydrogen) atoms. The normalized spacial score (nSPS) is 16.6. The van der Waals surface area contributed by atoms with Crippen LogP contribution < -0.4 is 10.2 Å². The summed E-state index contributed by atoms with van der Waals surface area (Å²) < 4.78 is 13.4. The fraction of sp³-hybridized carbons (Fsp3) is 0.176. The minimum absolute atomic E-state index is 0.00162. The zero-order valence-electron chi connectivity index (χ0n) is 13.3. The van der Waals surface area contributed by atoms with Crippen LogP contribution in [0.25, 0.3) is 0 Å². The first-order chi connectivity index (χ1) is 12.3. The largest absolute Gasteiger partial charge is 0.326 e. The minimum atomic E-state index is -0.990. The number of nitro benzene ring substituents is 1. The highest BCUT2D eigenvalue weighted by Crippen LogP contribution is 2.28. The molecule has 1 saturated heterocycles. The van der Waals surface area contributed by atoms with E-state index in [0.29, 0.717) is 10.7 Å². The number of carbonyl (C=O) groups is 2. The number of nitrogens with zero attached hydrogens (tertiary/aromatic N) is 2. The molecule has 134 valence electrons. The monoisotopic (exact) mass is 377 g/mol. The van der Waals surface area contributed by atoms with E-state index >= 15 is 0 Å². The SMILES string of the molecule is O=C(Nc1ccc(F)c([N+](=O)[O-])c1)C1CC(=O)N(c2cccc(Cl)c2)C1. The Kier molecular flexibility index (Phi) is 4.85.